The number of rotatable bonds is 8. The summed E-state index contributed by atoms with van der Waals surface area (Å²) < 4.78 is 7.63. The first-order chi connectivity index (χ1) is 17.5. The first-order valence-electron chi connectivity index (χ1n) is 11.8. The smallest absolute Gasteiger partial charge is 0.254 e. The zero-order valence-corrected chi connectivity index (χ0v) is 20.7. The van der Waals surface area contributed by atoms with Crippen LogP contribution < -0.4 is 10.5 Å². The Labute approximate surface area is 210 Å². The van der Waals surface area contributed by atoms with Crippen LogP contribution in [0.3, 0.4) is 0 Å². The van der Waals surface area contributed by atoms with Gasteiger partial charge in [-0.2, -0.15) is 5.26 Å². The van der Waals surface area contributed by atoms with Crippen molar-refractivity contribution in [2.24, 2.45) is 10.7 Å². The van der Waals surface area contributed by atoms with E-state index >= 15 is 0 Å². The minimum Gasteiger partial charge on any atom is -0.492 e. The third-order valence-electron chi connectivity index (χ3n) is 6.20. The third-order valence-corrected chi connectivity index (χ3v) is 6.20. The summed E-state index contributed by atoms with van der Waals surface area (Å²) in [5.74, 6) is 1.30. The van der Waals surface area contributed by atoms with E-state index < -0.39 is 0 Å². The van der Waals surface area contributed by atoms with Gasteiger partial charge in [-0.05, 0) is 55.8 Å². The van der Waals surface area contributed by atoms with Crippen LogP contribution in [0.25, 0.3) is 0 Å². The van der Waals surface area contributed by atoms with Crippen LogP contribution in [0.5, 0.6) is 5.75 Å². The predicted molar refractivity (Wildman–Crippen MR) is 137 cm³/mol. The molecule has 9 heteroatoms. The molecule has 1 amide bonds. The van der Waals surface area contributed by atoms with E-state index in [2.05, 4.69) is 27.1 Å². The number of imidazole rings is 1. The molecule has 0 saturated heterocycles. The van der Waals surface area contributed by atoms with Gasteiger partial charge in [0.15, 0.2) is 0 Å². The largest absolute Gasteiger partial charge is 0.492 e. The molecule has 3 heterocycles. The van der Waals surface area contributed by atoms with Crippen molar-refractivity contribution in [2.45, 2.75) is 33.4 Å². The fraction of sp³-hybridized carbons (Fsp3) is 0.296. The number of pyridine rings is 1. The molecule has 0 unspecified atom stereocenters. The van der Waals surface area contributed by atoms with Gasteiger partial charge in [0.1, 0.15) is 23.2 Å². The molecular formula is C27H29N7O2. The maximum atomic E-state index is 13.7. The molecule has 1 aliphatic rings. The van der Waals surface area contributed by atoms with Gasteiger partial charge in [0, 0.05) is 55.9 Å². The average molecular weight is 484 g/mol. The number of amides is 1. The maximum absolute atomic E-state index is 13.7. The van der Waals surface area contributed by atoms with Crippen LogP contribution in [0.15, 0.2) is 54.1 Å². The summed E-state index contributed by atoms with van der Waals surface area (Å²) >= 11 is 0. The molecule has 0 fully saturated rings. The van der Waals surface area contributed by atoms with Gasteiger partial charge < -0.3 is 19.9 Å². The normalized spacial score (nSPS) is 13.7. The molecule has 1 aliphatic heterocycles. The second-order valence-electron chi connectivity index (χ2n) is 8.43. The van der Waals surface area contributed by atoms with Crippen LogP contribution in [0.1, 0.15) is 51.1 Å². The molecule has 0 saturated carbocycles. The first-order valence-corrected chi connectivity index (χ1v) is 11.8. The lowest BCUT2D eigenvalue weighted by Gasteiger charge is -2.30. The summed E-state index contributed by atoms with van der Waals surface area (Å²) in [5.41, 5.74) is 11.0. The molecule has 0 bridgehead atoms. The first kappa shape index (κ1) is 24.7. The number of ether oxygens (including phenoxy) is 1. The number of carbonyl (C=O) groups excluding carboxylic acids is 1. The number of benzene rings is 1. The number of nitriles is 1. The summed E-state index contributed by atoms with van der Waals surface area (Å²) in [7, 11) is 1.72. The highest BCUT2D eigenvalue weighted by molar-refractivity contribution is 6.12. The van der Waals surface area contributed by atoms with Gasteiger partial charge in [0.05, 0.1) is 24.6 Å². The van der Waals surface area contributed by atoms with Gasteiger partial charge in [-0.3, -0.25) is 14.8 Å². The Hall–Kier alpha value is -4.45. The second-order valence-corrected chi connectivity index (χ2v) is 8.43. The Morgan fingerprint density at radius 2 is 2.14 bits per heavy atom. The molecule has 184 valence electrons. The third kappa shape index (κ3) is 4.98. The highest BCUT2D eigenvalue weighted by atomic mass is 16.5. The van der Waals surface area contributed by atoms with Crippen molar-refractivity contribution >= 4 is 11.6 Å². The molecule has 9 nitrogen and oxygen atoms in total. The van der Waals surface area contributed by atoms with Crippen molar-refractivity contribution in [3.63, 3.8) is 0 Å². The molecule has 0 aliphatic carbocycles. The van der Waals surface area contributed by atoms with Crippen LogP contribution in [-0.4, -0.2) is 51.3 Å². The van der Waals surface area contributed by atoms with Gasteiger partial charge in [-0.1, -0.05) is 0 Å². The van der Waals surface area contributed by atoms with Gasteiger partial charge in [-0.25, -0.2) is 4.98 Å². The van der Waals surface area contributed by atoms with Crippen LogP contribution in [0.4, 0.5) is 0 Å². The maximum Gasteiger partial charge on any atom is 0.254 e. The molecular weight excluding hydrogens is 454 g/mol. The molecule has 2 N–H and O–H groups in total. The van der Waals surface area contributed by atoms with E-state index in [4.69, 9.17) is 10.5 Å². The highest BCUT2D eigenvalue weighted by Crippen LogP contribution is 2.28. The Morgan fingerprint density at radius 3 is 2.81 bits per heavy atom. The number of aryl methyl sites for hydroxylation is 1. The van der Waals surface area contributed by atoms with E-state index in [1.165, 1.54) is 12.4 Å². The molecule has 0 radical (unpaired) electrons. The Kier molecular flexibility index (Phi) is 7.44. The summed E-state index contributed by atoms with van der Waals surface area (Å²) in [4.78, 5) is 28.6. The number of hydrogen-bond donors (Lipinski definition) is 1. The van der Waals surface area contributed by atoms with Crippen molar-refractivity contribution in [2.75, 3.05) is 20.2 Å². The van der Waals surface area contributed by atoms with Crippen molar-refractivity contribution in [3.8, 4) is 11.8 Å². The summed E-state index contributed by atoms with van der Waals surface area (Å²) in [5, 5.41) is 9.31. The summed E-state index contributed by atoms with van der Waals surface area (Å²) in [6.45, 7) is 5.69. The number of hydrogen-bond acceptors (Lipinski definition) is 7. The van der Waals surface area contributed by atoms with Crippen LogP contribution in [0.2, 0.25) is 0 Å². The lowest BCUT2D eigenvalue weighted by atomic mass is 9.89. The topological polar surface area (TPSA) is 122 Å². The average Bonchev–Trinajstić information content (AvgIpc) is 3.28. The highest BCUT2D eigenvalue weighted by Gasteiger charge is 2.28. The fourth-order valence-electron chi connectivity index (χ4n) is 4.44. The van der Waals surface area contributed by atoms with Crippen LogP contribution >= 0.6 is 0 Å². The number of fused-ring (bicyclic) bond motifs is 1. The lowest BCUT2D eigenvalue weighted by Crippen LogP contribution is -2.38. The minimum atomic E-state index is -0.0713. The number of nitrogens with zero attached hydrogens (tertiary/aromatic N) is 6. The van der Waals surface area contributed by atoms with Crippen molar-refractivity contribution in [3.05, 3.63) is 88.4 Å². The lowest BCUT2D eigenvalue weighted by molar-refractivity contribution is 0.0724. The number of aromatic nitrogens is 3. The van der Waals surface area contributed by atoms with Gasteiger partial charge in [0.25, 0.3) is 5.91 Å². The molecule has 4 rings (SSSR count). The van der Waals surface area contributed by atoms with Gasteiger partial charge in [-0.15, -0.1) is 0 Å². The second kappa shape index (κ2) is 10.9. The van der Waals surface area contributed by atoms with Crippen molar-refractivity contribution in [1.29, 1.82) is 5.26 Å². The van der Waals surface area contributed by atoms with E-state index in [0.29, 0.717) is 55.2 Å². The molecule has 1 aromatic carbocycles. The number of carbonyl (C=O) groups is 1. The Balaban J connectivity index is 1.71. The van der Waals surface area contributed by atoms with Crippen LogP contribution in [0, 0.1) is 18.3 Å². The molecule has 2 aromatic heterocycles. The summed E-state index contributed by atoms with van der Waals surface area (Å²) in [6.07, 6.45) is 9.07. The Morgan fingerprint density at radius 1 is 1.31 bits per heavy atom. The SMILES string of the molecule is CCOc1cc(CN2CCc3c(cc(Cn4ccnc4C)cc3C(C=CN)=NC)C2=O)ncc1C#N. The van der Waals surface area contributed by atoms with E-state index in [1.807, 2.05) is 30.7 Å². The zero-order chi connectivity index (χ0) is 25.7. The predicted octanol–water partition coefficient (Wildman–Crippen LogP) is 3.00. The van der Waals surface area contributed by atoms with E-state index in [0.717, 1.165) is 28.2 Å². The molecule has 0 spiro atoms. The molecule has 3 aromatic rings. The summed E-state index contributed by atoms with van der Waals surface area (Å²) in [6, 6.07) is 7.88. The van der Waals surface area contributed by atoms with Crippen molar-refractivity contribution in [1.82, 2.24) is 19.4 Å². The standard InChI is InChI=1S/C27H29N7O2/c1-4-36-26-13-21(32-15-20(26)14-29)17-34-9-6-22-23(25(30-3)5-7-28)11-19(12-24(22)27(34)35)16-33-10-8-31-18(33)2/h5,7-8,10-13,15H,4,6,9,16-17,28H2,1-3H3. The van der Waals surface area contributed by atoms with Gasteiger partial charge in [0.2, 0.25) is 0 Å². The van der Waals surface area contributed by atoms with Crippen molar-refractivity contribution < 1.29 is 9.53 Å². The van der Waals surface area contributed by atoms with E-state index in [9.17, 15) is 10.1 Å². The molecule has 0 atom stereocenters. The minimum absolute atomic E-state index is 0.0713. The van der Waals surface area contributed by atoms with E-state index in [-0.39, 0.29) is 5.91 Å². The number of nitrogens with two attached hydrogens (primary N) is 1. The fourth-order valence-corrected chi connectivity index (χ4v) is 4.44. The molecule has 36 heavy (non-hydrogen) atoms. The monoisotopic (exact) mass is 483 g/mol. The number of allylic oxidation sites excluding steroid dienone is 1. The van der Waals surface area contributed by atoms with Crippen LogP contribution in [-0.2, 0) is 19.5 Å². The Bertz CT molecular complexity index is 1380. The quantitative estimate of drug-likeness (QED) is 0.492. The zero-order valence-electron chi connectivity index (χ0n) is 20.7. The van der Waals surface area contributed by atoms with E-state index in [1.54, 1.807) is 30.3 Å². The van der Waals surface area contributed by atoms with Gasteiger partial charge >= 0.3 is 0 Å². The number of aliphatic imine (C=N–C) groups is 1.